The molecule has 3 N–H and O–H groups in total. The summed E-state index contributed by atoms with van der Waals surface area (Å²) in [6, 6.07) is 0.201. The highest BCUT2D eigenvalue weighted by atomic mass is 16.5. The summed E-state index contributed by atoms with van der Waals surface area (Å²) in [5.74, 6) is 0.118. The van der Waals surface area contributed by atoms with Gasteiger partial charge in [-0.3, -0.25) is 4.79 Å². The highest BCUT2D eigenvalue weighted by Crippen LogP contribution is 2.11. The molecule has 0 aliphatic carbocycles. The van der Waals surface area contributed by atoms with Crippen LogP contribution in [0.1, 0.15) is 25.7 Å². The Hall–Kier alpha value is -0.690. The molecule has 0 radical (unpaired) electrons. The average molecular weight is 272 g/mol. The van der Waals surface area contributed by atoms with Crippen LogP contribution >= 0.6 is 0 Å². The summed E-state index contributed by atoms with van der Waals surface area (Å²) in [6.45, 7) is 2.90. The zero-order valence-electron chi connectivity index (χ0n) is 11.3. The molecule has 2 heterocycles. The molecule has 2 fully saturated rings. The Balaban J connectivity index is 1.45. The molecular formula is C13H24N2O4. The van der Waals surface area contributed by atoms with Gasteiger partial charge in [-0.15, -0.1) is 0 Å². The van der Waals surface area contributed by atoms with E-state index >= 15 is 0 Å². The monoisotopic (exact) mass is 272 g/mol. The normalized spacial score (nSPS) is 28.6. The number of nitrogens with one attached hydrogen (secondary N) is 2. The first kappa shape index (κ1) is 14.7. The van der Waals surface area contributed by atoms with Crippen molar-refractivity contribution in [2.75, 3.05) is 32.9 Å². The summed E-state index contributed by atoms with van der Waals surface area (Å²) < 4.78 is 10.9. The van der Waals surface area contributed by atoms with Gasteiger partial charge in [0, 0.05) is 32.2 Å². The Morgan fingerprint density at radius 3 is 3.11 bits per heavy atom. The first-order valence-corrected chi connectivity index (χ1v) is 7.11. The van der Waals surface area contributed by atoms with Gasteiger partial charge in [-0.05, 0) is 19.3 Å². The molecule has 19 heavy (non-hydrogen) atoms. The number of carbonyl (C=O) groups is 1. The Bertz CT molecular complexity index is 282. The van der Waals surface area contributed by atoms with Gasteiger partial charge < -0.3 is 25.2 Å². The molecule has 0 bridgehead atoms. The quantitative estimate of drug-likeness (QED) is 0.550. The minimum atomic E-state index is -0.515. The number of hydrogen-bond acceptors (Lipinski definition) is 5. The van der Waals surface area contributed by atoms with Crippen LogP contribution in [-0.2, 0) is 14.3 Å². The van der Waals surface area contributed by atoms with Crippen molar-refractivity contribution in [1.82, 2.24) is 10.6 Å². The lowest BCUT2D eigenvalue weighted by molar-refractivity contribution is -0.119. The first-order valence-electron chi connectivity index (χ1n) is 7.11. The van der Waals surface area contributed by atoms with Crippen molar-refractivity contribution in [3.8, 4) is 0 Å². The number of amides is 1. The van der Waals surface area contributed by atoms with Crippen LogP contribution in [0.25, 0.3) is 0 Å². The molecule has 0 spiro atoms. The van der Waals surface area contributed by atoms with E-state index in [1.165, 1.54) is 0 Å². The van der Waals surface area contributed by atoms with Crippen molar-refractivity contribution in [2.45, 2.75) is 43.9 Å². The largest absolute Gasteiger partial charge is 0.389 e. The number of rotatable bonds is 8. The van der Waals surface area contributed by atoms with Crippen LogP contribution < -0.4 is 10.6 Å². The Morgan fingerprint density at radius 1 is 1.53 bits per heavy atom. The molecule has 1 amide bonds. The lowest BCUT2D eigenvalue weighted by atomic mass is 10.2. The van der Waals surface area contributed by atoms with E-state index in [1.54, 1.807) is 0 Å². The predicted octanol–water partition coefficient (Wildman–Crippen LogP) is -0.589. The zero-order chi connectivity index (χ0) is 13.5. The SMILES string of the molecule is O=C1CCC(CNCC(O)COCC2CCCO2)N1. The van der Waals surface area contributed by atoms with Crippen LogP contribution in [-0.4, -0.2) is 62.2 Å². The fraction of sp³-hybridized carbons (Fsp3) is 0.923. The van der Waals surface area contributed by atoms with E-state index in [0.717, 1.165) is 25.9 Å². The van der Waals surface area contributed by atoms with E-state index in [1.807, 2.05) is 0 Å². The number of aliphatic hydroxyl groups is 1. The van der Waals surface area contributed by atoms with E-state index < -0.39 is 6.10 Å². The first-order chi connectivity index (χ1) is 9.24. The van der Waals surface area contributed by atoms with Gasteiger partial charge in [0.15, 0.2) is 0 Å². The third-order valence-corrected chi connectivity index (χ3v) is 3.49. The van der Waals surface area contributed by atoms with E-state index in [2.05, 4.69) is 10.6 Å². The summed E-state index contributed by atoms with van der Waals surface area (Å²) in [7, 11) is 0. The number of aliphatic hydroxyl groups excluding tert-OH is 1. The van der Waals surface area contributed by atoms with Gasteiger partial charge in [0.1, 0.15) is 0 Å². The summed E-state index contributed by atoms with van der Waals surface area (Å²) in [5, 5.41) is 15.8. The molecule has 0 aromatic heterocycles. The van der Waals surface area contributed by atoms with Crippen LogP contribution in [0, 0.1) is 0 Å². The van der Waals surface area contributed by atoms with E-state index in [-0.39, 0.29) is 18.1 Å². The smallest absolute Gasteiger partial charge is 0.220 e. The maximum atomic E-state index is 11.0. The van der Waals surface area contributed by atoms with Crippen LogP contribution in [0.4, 0.5) is 0 Å². The molecule has 6 heteroatoms. The third kappa shape index (κ3) is 5.44. The highest BCUT2D eigenvalue weighted by Gasteiger charge is 2.20. The molecular weight excluding hydrogens is 248 g/mol. The van der Waals surface area contributed by atoms with Gasteiger partial charge in [0.25, 0.3) is 0 Å². The molecule has 2 aliphatic rings. The molecule has 110 valence electrons. The van der Waals surface area contributed by atoms with Crippen molar-refractivity contribution in [2.24, 2.45) is 0 Å². The Morgan fingerprint density at radius 2 is 2.42 bits per heavy atom. The van der Waals surface area contributed by atoms with Crippen molar-refractivity contribution in [3.63, 3.8) is 0 Å². The van der Waals surface area contributed by atoms with Crippen molar-refractivity contribution >= 4 is 5.91 Å². The van der Waals surface area contributed by atoms with Crippen molar-refractivity contribution in [3.05, 3.63) is 0 Å². The molecule has 0 saturated carbocycles. The van der Waals surface area contributed by atoms with E-state index in [4.69, 9.17) is 9.47 Å². The minimum absolute atomic E-state index is 0.118. The maximum Gasteiger partial charge on any atom is 0.220 e. The summed E-state index contributed by atoms with van der Waals surface area (Å²) in [6.07, 6.45) is 3.32. The second kappa shape index (κ2) is 7.79. The molecule has 2 rings (SSSR count). The predicted molar refractivity (Wildman–Crippen MR) is 69.8 cm³/mol. The van der Waals surface area contributed by atoms with Crippen LogP contribution in [0.15, 0.2) is 0 Å². The summed E-state index contributed by atoms with van der Waals surface area (Å²) >= 11 is 0. The van der Waals surface area contributed by atoms with Gasteiger partial charge in [0.05, 0.1) is 25.4 Å². The van der Waals surface area contributed by atoms with E-state index in [0.29, 0.717) is 32.7 Å². The zero-order valence-corrected chi connectivity index (χ0v) is 11.3. The van der Waals surface area contributed by atoms with Gasteiger partial charge >= 0.3 is 0 Å². The van der Waals surface area contributed by atoms with Crippen LogP contribution in [0.2, 0.25) is 0 Å². The lowest BCUT2D eigenvalue weighted by Crippen LogP contribution is -2.39. The summed E-state index contributed by atoms with van der Waals surface area (Å²) in [5.41, 5.74) is 0. The fourth-order valence-electron chi connectivity index (χ4n) is 2.42. The highest BCUT2D eigenvalue weighted by molar-refractivity contribution is 5.78. The van der Waals surface area contributed by atoms with Crippen molar-refractivity contribution in [1.29, 1.82) is 0 Å². The molecule has 0 aromatic rings. The van der Waals surface area contributed by atoms with Crippen LogP contribution in [0.5, 0.6) is 0 Å². The second-order valence-electron chi connectivity index (χ2n) is 5.29. The molecule has 2 saturated heterocycles. The molecule has 6 nitrogen and oxygen atoms in total. The summed E-state index contributed by atoms with van der Waals surface area (Å²) in [4.78, 5) is 11.0. The van der Waals surface area contributed by atoms with Gasteiger partial charge in [-0.25, -0.2) is 0 Å². The molecule has 0 aromatic carbocycles. The van der Waals surface area contributed by atoms with Gasteiger partial charge in [-0.1, -0.05) is 0 Å². The van der Waals surface area contributed by atoms with Crippen molar-refractivity contribution < 1.29 is 19.4 Å². The topological polar surface area (TPSA) is 79.8 Å². The second-order valence-corrected chi connectivity index (χ2v) is 5.29. The molecule has 3 atom stereocenters. The minimum Gasteiger partial charge on any atom is -0.389 e. The number of carbonyl (C=O) groups excluding carboxylic acids is 1. The fourth-order valence-corrected chi connectivity index (χ4v) is 2.42. The van der Waals surface area contributed by atoms with Crippen LogP contribution in [0.3, 0.4) is 0 Å². The standard InChI is InChI=1S/C13H24N2O4/c16-11(8-18-9-12-2-1-5-19-12)7-14-6-10-3-4-13(17)15-10/h10-12,14,16H,1-9H2,(H,15,17). The molecule has 3 unspecified atom stereocenters. The lowest BCUT2D eigenvalue weighted by Gasteiger charge is -2.16. The van der Waals surface area contributed by atoms with Gasteiger partial charge in [0.2, 0.25) is 5.91 Å². The Labute approximate surface area is 113 Å². The number of ether oxygens (including phenoxy) is 2. The third-order valence-electron chi connectivity index (χ3n) is 3.49. The van der Waals surface area contributed by atoms with Gasteiger partial charge in [-0.2, -0.15) is 0 Å². The van der Waals surface area contributed by atoms with E-state index in [9.17, 15) is 9.90 Å². The molecule has 2 aliphatic heterocycles. The average Bonchev–Trinajstić information content (AvgIpc) is 3.01. The Kier molecular flexibility index (Phi) is 6.03. The number of hydrogen-bond donors (Lipinski definition) is 3. The maximum absolute atomic E-state index is 11.0.